The molecule has 0 aliphatic carbocycles. The Bertz CT molecular complexity index is 874. The largest absolute Gasteiger partial charge is 0.517 e. The number of benzene rings is 3. The Morgan fingerprint density at radius 3 is 1.52 bits per heavy atom. The highest BCUT2D eigenvalue weighted by molar-refractivity contribution is 8.30. The summed E-state index contributed by atoms with van der Waals surface area (Å²) in [5, 5.41) is 9.66. The lowest BCUT2D eigenvalue weighted by Gasteiger charge is -2.38. The van der Waals surface area contributed by atoms with Crippen molar-refractivity contribution in [1.29, 1.82) is 0 Å². The highest BCUT2D eigenvalue weighted by atomic mass is 32.3. The number of rotatable bonds is 8. The van der Waals surface area contributed by atoms with Gasteiger partial charge in [-0.2, -0.15) is 0 Å². The van der Waals surface area contributed by atoms with E-state index in [2.05, 4.69) is 0 Å². The van der Waals surface area contributed by atoms with Crippen LogP contribution in [0.25, 0.3) is 0 Å². The smallest absolute Gasteiger partial charge is 0.494 e. The monoisotopic (exact) mass is 412 g/mol. The summed E-state index contributed by atoms with van der Waals surface area (Å²) in [6.45, 7) is 4.95. The van der Waals surface area contributed by atoms with E-state index >= 15 is 0 Å². The summed E-state index contributed by atoms with van der Waals surface area (Å²) in [6.07, 6.45) is -1.33. The van der Waals surface area contributed by atoms with Crippen molar-refractivity contribution in [2.45, 2.75) is 28.5 Å². The van der Waals surface area contributed by atoms with Crippen molar-refractivity contribution in [3.05, 3.63) is 78.9 Å². The molecular weight excluding hydrogens is 388 g/mol. The first-order valence-electron chi connectivity index (χ1n) is 9.36. The number of carboxylic acid groups (broad SMARTS) is 1. The minimum absolute atomic E-state index is 0.556. The van der Waals surface area contributed by atoms with Gasteiger partial charge in [0.05, 0.1) is 13.2 Å². The molecule has 6 heteroatoms. The molecule has 5 nitrogen and oxygen atoms in total. The Morgan fingerprint density at radius 1 is 0.724 bits per heavy atom. The molecule has 3 aromatic carbocycles. The van der Waals surface area contributed by atoms with Gasteiger partial charge >= 0.3 is 6.16 Å². The third kappa shape index (κ3) is 4.49. The zero-order valence-electron chi connectivity index (χ0n) is 16.4. The third-order valence-electron chi connectivity index (χ3n) is 4.20. The van der Waals surface area contributed by atoms with Crippen molar-refractivity contribution >= 4 is 16.5 Å². The highest BCUT2D eigenvalue weighted by Gasteiger charge is 2.35. The lowest BCUT2D eigenvalue weighted by molar-refractivity contribution is 0.150. The van der Waals surface area contributed by atoms with E-state index in [9.17, 15) is 9.90 Å². The lowest BCUT2D eigenvalue weighted by atomic mass is 10.3. The van der Waals surface area contributed by atoms with E-state index in [-0.39, 0.29) is 0 Å². The van der Waals surface area contributed by atoms with E-state index in [1.165, 1.54) is 0 Å². The van der Waals surface area contributed by atoms with E-state index < -0.39 is 16.5 Å². The number of hydrogen-bond donors (Lipinski definition) is 1. The molecule has 1 N–H and O–H groups in total. The van der Waals surface area contributed by atoms with Gasteiger partial charge in [0.1, 0.15) is 11.5 Å². The summed E-state index contributed by atoms with van der Waals surface area (Å²) in [7, 11) is -2.51. The SMILES string of the molecule is CCOc1ccc(S(OC(=O)O)(c2ccccc2)c2ccc(OCC)cc2)cc1. The molecule has 0 spiro atoms. The average molecular weight is 413 g/mol. The van der Waals surface area contributed by atoms with Gasteiger partial charge < -0.3 is 18.8 Å². The van der Waals surface area contributed by atoms with E-state index in [1.807, 2.05) is 92.7 Å². The van der Waals surface area contributed by atoms with Gasteiger partial charge in [0, 0.05) is 14.7 Å². The van der Waals surface area contributed by atoms with Crippen molar-refractivity contribution in [1.82, 2.24) is 0 Å². The Kier molecular flexibility index (Phi) is 6.67. The summed E-state index contributed by atoms with van der Waals surface area (Å²) in [4.78, 5) is 14.1. The Balaban J connectivity index is 2.21. The topological polar surface area (TPSA) is 65.0 Å². The van der Waals surface area contributed by atoms with Crippen molar-refractivity contribution in [3.8, 4) is 11.5 Å². The van der Waals surface area contributed by atoms with Crippen molar-refractivity contribution < 1.29 is 23.6 Å². The summed E-state index contributed by atoms with van der Waals surface area (Å²) < 4.78 is 16.8. The Labute approximate surface area is 172 Å². The maximum absolute atomic E-state index is 11.8. The van der Waals surface area contributed by atoms with Gasteiger partial charge in [-0.3, -0.25) is 0 Å². The molecule has 3 aromatic rings. The van der Waals surface area contributed by atoms with Crippen molar-refractivity contribution in [2.24, 2.45) is 0 Å². The fourth-order valence-electron chi connectivity index (χ4n) is 3.06. The molecule has 0 aromatic heterocycles. The Hall–Kier alpha value is -3.12. The molecule has 0 bridgehead atoms. The van der Waals surface area contributed by atoms with E-state index in [1.54, 1.807) is 0 Å². The molecular formula is C23H24O5S. The van der Waals surface area contributed by atoms with Gasteiger partial charge in [-0.1, -0.05) is 18.2 Å². The molecule has 0 saturated heterocycles. The van der Waals surface area contributed by atoms with Gasteiger partial charge in [-0.05, 0) is 84.8 Å². The second-order valence-electron chi connectivity index (χ2n) is 6.03. The predicted octanol–water partition coefficient (Wildman–Crippen LogP) is 6.38. The summed E-state index contributed by atoms with van der Waals surface area (Å²) >= 11 is 0. The number of hydrogen-bond acceptors (Lipinski definition) is 4. The van der Waals surface area contributed by atoms with Gasteiger partial charge in [0.25, 0.3) is 0 Å². The highest BCUT2D eigenvalue weighted by Crippen LogP contribution is 2.69. The van der Waals surface area contributed by atoms with Gasteiger partial charge in [-0.25, -0.2) is 4.79 Å². The van der Waals surface area contributed by atoms with Gasteiger partial charge in [0.15, 0.2) is 0 Å². The summed E-state index contributed by atoms with van der Waals surface area (Å²) in [6, 6.07) is 24.3. The molecule has 0 radical (unpaired) electrons. The zero-order chi connectivity index (χ0) is 20.7. The second-order valence-corrected chi connectivity index (χ2v) is 8.72. The van der Waals surface area contributed by atoms with Crippen LogP contribution in [0.5, 0.6) is 11.5 Å². The molecule has 3 rings (SSSR count). The fraction of sp³-hybridized carbons (Fsp3) is 0.174. The van der Waals surface area contributed by atoms with Crippen LogP contribution >= 0.6 is 10.3 Å². The maximum atomic E-state index is 11.8. The molecule has 0 fully saturated rings. The van der Waals surface area contributed by atoms with Crippen LogP contribution in [-0.4, -0.2) is 24.5 Å². The van der Waals surface area contributed by atoms with Crippen LogP contribution in [0.3, 0.4) is 0 Å². The first kappa shape index (κ1) is 20.6. The predicted molar refractivity (Wildman–Crippen MR) is 113 cm³/mol. The fourth-order valence-corrected chi connectivity index (χ4v) is 5.96. The van der Waals surface area contributed by atoms with Crippen LogP contribution in [0.2, 0.25) is 0 Å². The van der Waals surface area contributed by atoms with Gasteiger partial charge in [0.2, 0.25) is 0 Å². The molecule has 29 heavy (non-hydrogen) atoms. The molecule has 0 saturated carbocycles. The van der Waals surface area contributed by atoms with Crippen molar-refractivity contribution in [3.63, 3.8) is 0 Å². The van der Waals surface area contributed by atoms with Crippen LogP contribution in [-0.2, 0) is 4.18 Å². The molecule has 0 heterocycles. The van der Waals surface area contributed by atoms with Gasteiger partial charge in [-0.15, -0.1) is 0 Å². The lowest BCUT2D eigenvalue weighted by Crippen LogP contribution is -2.12. The minimum atomic E-state index is -2.51. The summed E-state index contributed by atoms with van der Waals surface area (Å²) in [5.41, 5.74) is 0. The zero-order valence-corrected chi connectivity index (χ0v) is 17.2. The third-order valence-corrected chi connectivity index (χ3v) is 7.41. The van der Waals surface area contributed by atoms with E-state index in [4.69, 9.17) is 13.7 Å². The first-order chi connectivity index (χ1) is 14.1. The van der Waals surface area contributed by atoms with E-state index in [0.29, 0.717) is 13.2 Å². The first-order valence-corrected chi connectivity index (χ1v) is 10.9. The minimum Gasteiger partial charge on any atom is -0.494 e. The number of ether oxygens (including phenoxy) is 2. The Morgan fingerprint density at radius 2 is 1.14 bits per heavy atom. The molecule has 0 unspecified atom stereocenters. The second kappa shape index (κ2) is 9.39. The van der Waals surface area contributed by atoms with Crippen LogP contribution in [0, 0.1) is 0 Å². The normalized spacial score (nSPS) is 11.5. The molecule has 0 amide bonds. The molecule has 152 valence electrons. The van der Waals surface area contributed by atoms with Crippen LogP contribution in [0.1, 0.15) is 13.8 Å². The summed E-state index contributed by atoms with van der Waals surface area (Å²) in [5.74, 6) is 1.44. The van der Waals surface area contributed by atoms with Crippen LogP contribution in [0.4, 0.5) is 4.79 Å². The average Bonchev–Trinajstić information content (AvgIpc) is 2.74. The molecule has 0 atom stereocenters. The van der Waals surface area contributed by atoms with Crippen molar-refractivity contribution in [2.75, 3.05) is 13.2 Å². The molecule has 0 aliphatic rings. The quantitative estimate of drug-likeness (QED) is 0.465. The van der Waals surface area contributed by atoms with Crippen LogP contribution in [0.15, 0.2) is 93.5 Å². The molecule has 0 aliphatic heterocycles. The maximum Gasteiger partial charge on any atom is 0.517 e. The standard InChI is InChI=1S/C23H24O5S/c1-3-26-18-10-14-21(15-11-18)29(28-23(24)25,20-8-6-5-7-9-20)22-16-12-19(13-17-22)27-4-2/h5-17H,3-4H2,1-2H3,(H,24,25). The van der Waals surface area contributed by atoms with Crippen LogP contribution < -0.4 is 9.47 Å². The van der Waals surface area contributed by atoms with E-state index in [0.717, 1.165) is 26.2 Å². The number of carbonyl (C=O) groups is 1.